The summed E-state index contributed by atoms with van der Waals surface area (Å²) in [4.78, 5) is 0. The van der Waals surface area contributed by atoms with Crippen molar-refractivity contribution in [1.29, 1.82) is 0 Å². The first-order chi connectivity index (χ1) is 7.65. The number of phenols is 1. The zero-order valence-corrected chi connectivity index (χ0v) is 9.13. The fourth-order valence-corrected chi connectivity index (χ4v) is 2.63. The van der Waals surface area contributed by atoms with E-state index in [1.54, 1.807) is 12.1 Å². The minimum atomic E-state index is -2.35. The van der Waals surface area contributed by atoms with E-state index in [-0.39, 0.29) is 5.75 Å². The smallest absolute Gasteiger partial charge is 0.248 e. The molecule has 0 bridgehead atoms. The van der Waals surface area contributed by atoms with Gasteiger partial charge in [-0.05, 0) is 30.5 Å². The molecule has 3 heteroatoms. The molecule has 1 saturated carbocycles. The number of alkyl halides is 2. The molecule has 0 aromatic heterocycles. The van der Waals surface area contributed by atoms with Crippen LogP contribution < -0.4 is 0 Å². The van der Waals surface area contributed by atoms with E-state index in [0.717, 1.165) is 19.3 Å². The standard InChI is InChI=1S/C13H16F2O/c14-12(15)13(7-2-1-3-8-13)10-5-4-6-11(16)9-10/h4-6,9,12,16H,1-3,7-8H2. The van der Waals surface area contributed by atoms with E-state index < -0.39 is 11.8 Å². The summed E-state index contributed by atoms with van der Waals surface area (Å²) < 4.78 is 26.6. The number of aromatic hydroxyl groups is 1. The molecule has 1 aliphatic carbocycles. The number of phenolic OH excluding ortho intramolecular Hbond substituents is 1. The molecule has 1 aromatic carbocycles. The summed E-state index contributed by atoms with van der Waals surface area (Å²) in [7, 11) is 0. The van der Waals surface area contributed by atoms with Crippen molar-refractivity contribution in [1.82, 2.24) is 0 Å². The second-order valence-electron chi connectivity index (χ2n) is 4.57. The number of hydrogen-bond donors (Lipinski definition) is 1. The molecular formula is C13H16F2O. The molecule has 1 N–H and O–H groups in total. The summed E-state index contributed by atoms with van der Waals surface area (Å²) >= 11 is 0. The average molecular weight is 226 g/mol. The Morgan fingerprint density at radius 1 is 1.12 bits per heavy atom. The summed E-state index contributed by atoms with van der Waals surface area (Å²) in [6, 6.07) is 6.35. The van der Waals surface area contributed by atoms with Crippen LogP contribution in [-0.2, 0) is 5.41 Å². The largest absolute Gasteiger partial charge is 0.508 e. The van der Waals surface area contributed by atoms with Crippen LogP contribution in [0.15, 0.2) is 24.3 Å². The van der Waals surface area contributed by atoms with Crippen LogP contribution in [0.3, 0.4) is 0 Å². The van der Waals surface area contributed by atoms with Gasteiger partial charge in [-0.1, -0.05) is 31.4 Å². The lowest BCUT2D eigenvalue weighted by Gasteiger charge is -2.37. The Bertz CT molecular complexity index is 357. The number of hydrogen-bond acceptors (Lipinski definition) is 1. The molecule has 0 heterocycles. The van der Waals surface area contributed by atoms with Crippen molar-refractivity contribution in [3.63, 3.8) is 0 Å². The van der Waals surface area contributed by atoms with Gasteiger partial charge in [0.1, 0.15) is 5.75 Å². The number of halogens is 2. The zero-order valence-electron chi connectivity index (χ0n) is 9.13. The molecule has 0 radical (unpaired) electrons. The van der Waals surface area contributed by atoms with Crippen molar-refractivity contribution in [2.75, 3.05) is 0 Å². The van der Waals surface area contributed by atoms with E-state index in [0.29, 0.717) is 18.4 Å². The summed E-state index contributed by atoms with van der Waals surface area (Å²) in [5.74, 6) is 0.0723. The van der Waals surface area contributed by atoms with Gasteiger partial charge < -0.3 is 5.11 Å². The lowest BCUT2D eigenvalue weighted by atomic mass is 9.69. The average Bonchev–Trinajstić information content (AvgIpc) is 2.30. The molecule has 1 aliphatic rings. The van der Waals surface area contributed by atoms with Crippen LogP contribution >= 0.6 is 0 Å². The predicted octanol–water partition coefficient (Wildman–Crippen LogP) is 3.86. The normalized spacial score (nSPS) is 19.9. The molecule has 0 spiro atoms. The molecule has 88 valence electrons. The molecule has 16 heavy (non-hydrogen) atoms. The highest BCUT2D eigenvalue weighted by Crippen LogP contribution is 2.44. The van der Waals surface area contributed by atoms with Gasteiger partial charge >= 0.3 is 0 Å². The van der Waals surface area contributed by atoms with Gasteiger partial charge in [-0.25, -0.2) is 8.78 Å². The minimum absolute atomic E-state index is 0.0723. The van der Waals surface area contributed by atoms with Gasteiger partial charge in [0.2, 0.25) is 6.43 Å². The van der Waals surface area contributed by atoms with Gasteiger partial charge in [-0.2, -0.15) is 0 Å². The van der Waals surface area contributed by atoms with Crippen LogP contribution in [0.5, 0.6) is 5.75 Å². The quantitative estimate of drug-likeness (QED) is 0.811. The second-order valence-corrected chi connectivity index (χ2v) is 4.57. The highest BCUT2D eigenvalue weighted by Gasteiger charge is 2.42. The Balaban J connectivity index is 2.38. The Morgan fingerprint density at radius 2 is 1.81 bits per heavy atom. The maximum atomic E-state index is 13.3. The molecule has 0 unspecified atom stereocenters. The third-order valence-corrected chi connectivity index (χ3v) is 3.58. The maximum absolute atomic E-state index is 13.3. The van der Waals surface area contributed by atoms with E-state index in [4.69, 9.17) is 0 Å². The summed E-state index contributed by atoms with van der Waals surface area (Å²) in [6.45, 7) is 0. The molecule has 0 amide bonds. The topological polar surface area (TPSA) is 20.2 Å². The SMILES string of the molecule is Oc1cccc(C2(C(F)F)CCCCC2)c1. The van der Waals surface area contributed by atoms with Crippen LogP contribution in [-0.4, -0.2) is 11.5 Å². The molecule has 1 aromatic rings. The van der Waals surface area contributed by atoms with E-state index in [2.05, 4.69) is 0 Å². The van der Waals surface area contributed by atoms with Crippen molar-refractivity contribution >= 4 is 0 Å². The number of rotatable bonds is 2. The second kappa shape index (κ2) is 4.40. The van der Waals surface area contributed by atoms with Crippen LogP contribution in [0, 0.1) is 0 Å². The van der Waals surface area contributed by atoms with Gasteiger partial charge in [0, 0.05) is 0 Å². The zero-order chi connectivity index (χ0) is 11.6. The first-order valence-electron chi connectivity index (χ1n) is 5.73. The van der Waals surface area contributed by atoms with Gasteiger partial charge in [-0.3, -0.25) is 0 Å². The van der Waals surface area contributed by atoms with Gasteiger partial charge in [-0.15, -0.1) is 0 Å². The lowest BCUT2D eigenvalue weighted by molar-refractivity contribution is 0.0254. The highest BCUT2D eigenvalue weighted by molar-refractivity contribution is 5.34. The minimum Gasteiger partial charge on any atom is -0.508 e. The van der Waals surface area contributed by atoms with Gasteiger partial charge in [0.15, 0.2) is 0 Å². The van der Waals surface area contributed by atoms with Crippen molar-refractivity contribution in [2.24, 2.45) is 0 Å². The van der Waals surface area contributed by atoms with Crippen molar-refractivity contribution in [2.45, 2.75) is 43.9 Å². The van der Waals surface area contributed by atoms with Crippen LogP contribution in [0.4, 0.5) is 8.78 Å². The maximum Gasteiger partial charge on any atom is 0.248 e. The Hall–Kier alpha value is -1.12. The molecule has 0 saturated heterocycles. The summed E-state index contributed by atoms with van der Waals surface area (Å²) in [5, 5.41) is 9.40. The highest BCUT2D eigenvalue weighted by atomic mass is 19.3. The fourth-order valence-electron chi connectivity index (χ4n) is 2.63. The third-order valence-electron chi connectivity index (χ3n) is 3.58. The van der Waals surface area contributed by atoms with Crippen LogP contribution in [0.25, 0.3) is 0 Å². The summed E-state index contributed by atoms with van der Waals surface area (Å²) in [5.41, 5.74) is -0.445. The van der Waals surface area contributed by atoms with Crippen LogP contribution in [0.1, 0.15) is 37.7 Å². The van der Waals surface area contributed by atoms with Crippen molar-refractivity contribution < 1.29 is 13.9 Å². The lowest BCUT2D eigenvalue weighted by Crippen LogP contribution is -2.36. The van der Waals surface area contributed by atoms with E-state index in [1.165, 1.54) is 12.1 Å². The fraction of sp³-hybridized carbons (Fsp3) is 0.538. The van der Waals surface area contributed by atoms with E-state index in [9.17, 15) is 13.9 Å². The van der Waals surface area contributed by atoms with E-state index >= 15 is 0 Å². The van der Waals surface area contributed by atoms with E-state index in [1.807, 2.05) is 0 Å². The van der Waals surface area contributed by atoms with Gasteiger partial charge in [0.05, 0.1) is 5.41 Å². The molecule has 0 aliphatic heterocycles. The first kappa shape index (κ1) is 11.4. The Labute approximate surface area is 94.1 Å². The molecular weight excluding hydrogens is 210 g/mol. The molecule has 2 rings (SSSR count). The van der Waals surface area contributed by atoms with Crippen LogP contribution in [0.2, 0.25) is 0 Å². The third kappa shape index (κ3) is 1.91. The van der Waals surface area contributed by atoms with Crippen molar-refractivity contribution in [3.8, 4) is 5.75 Å². The molecule has 1 nitrogen and oxygen atoms in total. The molecule has 1 fully saturated rings. The van der Waals surface area contributed by atoms with Gasteiger partial charge in [0.25, 0.3) is 0 Å². The monoisotopic (exact) mass is 226 g/mol. The Morgan fingerprint density at radius 3 is 2.38 bits per heavy atom. The number of benzene rings is 1. The summed E-state index contributed by atoms with van der Waals surface area (Å²) in [6.07, 6.45) is 1.42. The molecule has 0 atom stereocenters. The first-order valence-corrected chi connectivity index (χ1v) is 5.73. The predicted molar refractivity (Wildman–Crippen MR) is 58.9 cm³/mol. The Kier molecular flexibility index (Phi) is 3.13. The van der Waals surface area contributed by atoms with Crippen molar-refractivity contribution in [3.05, 3.63) is 29.8 Å².